The van der Waals surface area contributed by atoms with Crippen molar-refractivity contribution in [3.8, 4) is 0 Å². The smallest absolute Gasteiger partial charge is 0.389 e. The van der Waals surface area contributed by atoms with Crippen LogP contribution in [0.3, 0.4) is 0 Å². The van der Waals surface area contributed by atoms with Crippen LogP contribution in [0.1, 0.15) is 65.7 Å². The minimum atomic E-state index is -4.15. The SMILES string of the molecule is CC(C)(C)OC(=O)C1(S(=O)(=O)N2CCC(OCC/C=C/CCC(F)(F)F)CC2)CCOCC1. The summed E-state index contributed by atoms with van der Waals surface area (Å²) in [7, 11) is -3.97. The Balaban J connectivity index is 1.88. The highest BCUT2D eigenvalue weighted by atomic mass is 32.2. The van der Waals surface area contributed by atoms with Crippen molar-refractivity contribution < 1.29 is 40.6 Å². The van der Waals surface area contributed by atoms with Gasteiger partial charge in [0.25, 0.3) is 0 Å². The highest BCUT2D eigenvalue weighted by Gasteiger charge is 2.56. The van der Waals surface area contributed by atoms with Crippen LogP contribution in [0.5, 0.6) is 0 Å². The monoisotopic (exact) mass is 499 g/mol. The van der Waals surface area contributed by atoms with Crippen LogP contribution in [0, 0.1) is 0 Å². The van der Waals surface area contributed by atoms with Gasteiger partial charge in [-0.05, 0) is 46.5 Å². The van der Waals surface area contributed by atoms with Crippen LogP contribution < -0.4 is 0 Å². The summed E-state index contributed by atoms with van der Waals surface area (Å²) in [6.07, 6.45) is -0.430. The largest absolute Gasteiger partial charge is 0.459 e. The summed E-state index contributed by atoms with van der Waals surface area (Å²) >= 11 is 0. The zero-order valence-electron chi connectivity index (χ0n) is 19.7. The number of piperidine rings is 1. The Kier molecular flexibility index (Phi) is 9.79. The summed E-state index contributed by atoms with van der Waals surface area (Å²) in [5, 5.41) is 0. The Morgan fingerprint density at radius 3 is 2.21 bits per heavy atom. The average molecular weight is 500 g/mol. The van der Waals surface area contributed by atoms with Crippen molar-refractivity contribution in [2.24, 2.45) is 0 Å². The summed E-state index contributed by atoms with van der Waals surface area (Å²) in [6.45, 7) is 6.30. The fourth-order valence-corrected chi connectivity index (χ4v) is 6.03. The molecule has 0 saturated carbocycles. The summed E-state index contributed by atoms with van der Waals surface area (Å²) in [5.41, 5.74) is -0.806. The molecule has 2 rings (SSSR count). The lowest BCUT2D eigenvalue weighted by Crippen LogP contribution is -2.59. The summed E-state index contributed by atoms with van der Waals surface area (Å²) < 4.78 is 79.8. The zero-order valence-corrected chi connectivity index (χ0v) is 20.5. The molecule has 0 aromatic carbocycles. The minimum absolute atomic E-state index is 0.0514. The lowest BCUT2D eigenvalue weighted by Gasteiger charge is -2.41. The van der Waals surface area contributed by atoms with Gasteiger partial charge in [0.05, 0.1) is 12.7 Å². The topological polar surface area (TPSA) is 82.1 Å². The molecule has 0 aromatic heterocycles. The first-order chi connectivity index (χ1) is 15.3. The molecule has 2 aliphatic heterocycles. The van der Waals surface area contributed by atoms with Crippen LogP contribution in [-0.4, -0.2) is 74.2 Å². The Morgan fingerprint density at radius 2 is 1.67 bits per heavy atom. The number of hydrogen-bond acceptors (Lipinski definition) is 6. The number of esters is 1. The van der Waals surface area contributed by atoms with E-state index in [-0.39, 0.29) is 51.7 Å². The van der Waals surface area contributed by atoms with Crippen molar-refractivity contribution in [3.05, 3.63) is 12.2 Å². The lowest BCUT2D eigenvalue weighted by molar-refractivity contribution is -0.161. The van der Waals surface area contributed by atoms with Gasteiger partial charge in [-0.25, -0.2) is 12.7 Å². The Labute approximate surface area is 194 Å². The van der Waals surface area contributed by atoms with E-state index in [1.807, 2.05) is 0 Å². The average Bonchev–Trinajstić information content (AvgIpc) is 2.71. The number of allylic oxidation sites excluding steroid dienone is 1. The van der Waals surface area contributed by atoms with Crippen molar-refractivity contribution in [1.82, 2.24) is 4.31 Å². The van der Waals surface area contributed by atoms with E-state index < -0.39 is 38.9 Å². The van der Waals surface area contributed by atoms with Gasteiger partial charge < -0.3 is 14.2 Å². The normalized spacial score (nSPS) is 21.4. The van der Waals surface area contributed by atoms with Gasteiger partial charge in [-0.3, -0.25) is 4.79 Å². The lowest BCUT2D eigenvalue weighted by atomic mass is 9.99. The van der Waals surface area contributed by atoms with Crippen LogP contribution in [0.4, 0.5) is 13.2 Å². The number of ether oxygens (including phenoxy) is 3. The first-order valence-electron chi connectivity index (χ1n) is 11.4. The van der Waals surface area contributed by atoms with Gasteiger partial charge in [-0.1, -0.05) is 12.2 Å². The molecule has 33 heavy (non-hydrogen) atoms. The Hall–Kier alpha value is -1.17. The highest BCUT2D eigenvalue weighted by molar-refractivity contribution is 7.91. The number of alkyl halides is 3. The number of rotatable bonds is 9. The highest BCUT2D eigenvalue weighted by Crippen LogP contribution is 2.36. The number of nitrogens with zero attached hydrogens (tertiary/aromatic N) is 1. The van der Waals surface area contributed by atoms with E-state index in [1.54, 1.807) is 26.8 Å². The maximum absolute atomic E-state index is 13.6. The van der Waals surface area contributed by atoms with Crippen LogP contribution in [0.25, 0.3) is 0 Å². The molecular formula is C22H36F3NO6S. The maximum atomic E-state index is 13.6. The van der Waals surface area contributed by atoms with Gasteiger partial charge in [0.15, 0.2) is 4.75 Å². The summed E-state index contributed by atoms with van der Waals surface area (Å²) in [6, 6.07) is 0. The Morgan fingerprint density at radius 1 is 1.09 bits per heavy atom. The molecule has 2 aliphatic rings. The van der Waals surface area contributed by atoms with Crippen molar-refractivity contribution in [2.45, 2.75) is 88.3 Å². The van der Waals surface area contributed by atoms with Crippen molar-refractivity contribution >= 4 is 16.0 Å². The molecule has 0 N–H and O–H groups in total. The molecule has 0 amide bonds. The van der Waals surface area contributed by atoms with E-state index in [0.29, 0.717) is 25.9 Å². The number of halogens is 3. The second kappa shape index (κ2) is 11.5. The fourth-order valence-electron chi connectivity index (χ4n) is 3.91. The molecule has 192 valence electrons. The predicted octanol–water partition coefficient (Wildman–Crippen LogP) is 3.98. The minimum Gasteiger partial charge on any atom is -0.459 e. The molecule has 0 bridgehead atoms. The van der Waals surface area contributed by atoms with Crippen LogP contribution in [-0.2, 0) is 29.0 Å². The van der Waals surface area contributed by atoms with Crippen molar-refractivity contribution in [2.75, 3.05) is 32.9 Å². The van der Waals surface area contributed by atoms with E-state index in [4.69, 9.17) is 14.2 Å². The van der Waals surface area contributed by atoms with Crippen LogP contribution in [0.15, 0.2) is 12.2 Å². The third-order valence-electron chi connectivity index (χ3n) is 5.71. The van der Waals surface area contributed by atoms with Crippen molar-refractivity contribution in [1.29, 1.82) is 0 Å². The fraction of sp³-hybridized carbons (Fsp3) is 0.864. The number of hydrogen-bond donors (Lipinski definition) is 0. The molecular weight excluding hydrogens is 463 g/mol. The predicted molar refractivity (Wildman–Crippen MR) is 117 cm³/mol. The molecule has 2 saturated heterocycles. The molecule has 7 nitrogen and oxygen atoms in total. The van der Waals surface area contributed by atoms with Gasteiger partial charge in [-0.15, -0.1) is 0 Å². The van der Waals surface area contributed by atoms with Gasteiger partial charge >= 0.3 is 12.1 Å². The van der Waals surface area contributed by atoms with Gasteiger partial charge in [-0.2, -0.15) is 13.2 Å². The standard InChI is InChI=1S/C22H36F3NO6S/c1-20(2,3)32-19(27)21(11-16-30-17-12-21)33(28,29)26-13-8-18(9-14-26)31-15-7-5-4-6-10-22(23,24)25/h4-5,18H,6-17H2,1-3H3/b5-4+. The second-order valence-corrected chi connectivity index (χ2v) is 11.7. The number of carbonyl (C=O) groups excluding carboxylic acids is 1. The van der Waals surface area contributed by atoms with Crippen LogP contribution in [0.2, 0.25) is 0 Å². The quantitative estimate of drug-likeness (QED) is 0.271. The van der Waals surface area contributed by atoms with E-state index >= 15 is 0 Å². The summed E-state index contributed by atoms with van der Waals surface area (Å²) in [5.74, 6) is -0.728. The third-order valence-corrected chi connectivity index (χ3v) is 8.31. The number of sulfonamides is 1. The molecule has 2 fully saturated rings. The van der Waals surface area contributed by atoms with Gasteiger partial charge in [0, 0.05) is 45.6 Å². The molecule has 0 atom stereocenters. The van der Waals surface area contributed by atoms with E-state index in [2.05, 4.69) is 0 Å². The molecule has 0 unspecified atom stereocenters. The van der Waals surface area contributed by atoms with Crippen molar-refractivity contribution in [3.63, 3.8) is 0 Å². The number of carbonyl (C=O) groups is 1. The van der Waals surface area contributed by atoms with Gasteiger partial charge in [0.1, 0.15) is 5.60 Å². The van der Waals surface area contributed by atoms with E-state index in [1.165, 1.54) is 10.4 Å². The molecule has 0 aromatic rings. The van der Waals surface area contributed by atoms with E-state index in [9.17, 15) is 26.4 Å². The molecule has 0 spiro atoms. The Bertz CT molecular complexity index is 762. The molecule has 11 heteroatoms. The summed E-state index contributed by atoms with van der Waals surface area (Å²) in [4.78, 5) is 13.0. The zero-order chi connectivity index (χ0) is 24.8. The maximum Gasteiger partial charge on any atom is 0.389 e. The van der Waals surface area contributed by atoms with Crippen LogP contribution >= 0.6 is 0 Å². The second-order valence-electron chi connectivity index (χ2n) is 9.50. The van der Waals surface area contributed by atoms with E-state index in [0.717, 1.165) is 0 Å². The molecule has 0 radical (unpaired) electrons. The molecule has 0 aliphatic carbocycles. The first-order valence-corrected chi connectivity index (χ1v) is 12.9. The third kappa shape index (κ3) is 8.22. The molecule has 2 heterocycles. The first kappa shape index (κ1) is 28.1. The van der Waals surface area contributed by atoms with Gasteiger partial charge in [0.2, 0.25) is 10.0 Å².